The molecule has 0 aliphatic carbocycles. The number of hydrogen-bond donors (Lipinski definition) is 0. The fourth-order valence-electron chi connectivity index (χ4n) is 0.423. The van der Waals surface area contributed by atoms with Gasteiger partial charge in [0.2, 0.25) is 0 Å². The fraction of sp³-hybridized carbons (Fsp3) is 0.500. The van der Waals surface area contributed by atoms with Gasteiger partial charge in [-0.3, -0.25) is 0 Å². The molecule has 0 aromatic carbocycles. The fourth-order valence-corrected chi connectivity index (χ4v) is 0.423. The first kappa shape index (κ1) is 10.7. The van der Waals surface area contributed by atoms with E-state index >= 15 is 0 Å². The van der Waals surface area contributed by atoms with Crippen LogP contribution >= 0.6 is 0 Å². The summed E-state index contributed by atoms with van der Waals surface area (Å²) in [6.07, 6.45) is 0. The summed E-state index contributed by atoms with van der Waals surface area (Å²) in [5, 5.41) is 10.1. The molecule has 0 amide bonds. The van der Waals surface area contributed by atoms with Gasteiger partial charge in [-0.2, -0.15) is 0 Å². The van der Waals surface area contributed by atoms with Crippen molar-refractivity contribution in [2.45, 2.75) is 26.4 Å². The van der Waals surface area contributed by atoms with E-state index in [1.165, 1.54) is 0 Å². The molecule has 4 heteroatoms. The highest BCUT2D eigenvalue weighted by atomic mass is 16.6. The molecule has 0 aromatic rings. The molecule has 0 unspecified atom stereocenters. The Hall–Kier alpha value is -1.32. The molecule has 68 valence electrons. The standard InChI is InChI=1S/C8H12O4/c1-5(6(9)10)7(11)12-8(2,3)4/h1H2,2-4H3,(H,9,10)/p-1. The molecule has 0 bridgehead atoms. The van der Waals surface area contributed by atoms with E-state index in [1.807, 2.05) is 0 Å². The second-order valence-electron chi connectivity index (χ2n) is 3.27. The van der Waals surface area contributed by atoms with E-state index < -0.39 is 23.1 Å². The molecule has 0 aromatic heterocycles. The van der Waals surface area contributed by atoms with Gasteiger partial charge in [-0.1, -0.05) is 6.58 Å². The topological polar surface area (TPSA) is 66.4 Å². The van der Waals surface area contributed by atoms with E-state index in [4.69, 9.17) is 4.74 Å². The van der Waals surface area contributed by atoms with E-state index in [9.17, 15) is 14.7 Å². The summed E-state index contributed by atoms with van der Waals surface area (Å²) >= 11 is 0. The highest BCUT2D eigenvalue weighted by Gasteiger charge is 2.18. The zero-order valence-corrected chi connectivity index (χ0v) is 7.34. The number of hydrogen-bond acceptors (Lipinski definition) is 4. The molecular formula is C8H11O4-. The SMILES string of the molecule is C=C(C(=O)[O-])C(=O)OC(C)(C)C. The van der Waals surface area contributed by atoms with Crippen molar-refractivity contribution in [3.63, 3.8) is 0 Å². The van der Waals surface area contributed by atoms with Gasteiger partial charge in [-0.05, 0) is 20.8 Å². The average molecular weight is 171 g/mol. The predicted octanol–water partition coefficient (Wildman–Crippen LogP) is -0.366. The number of carbonyl (C=O) groups is 2. The highest BCUT2D eigenvalue weighted by Crippen LogP contribution is 2.09. The Morgan fingerprint density at radius 1 is 1.33 bits per heavy atom. The first-order valence-corrected chi connectivity index (χ1v) is 3.37. The van der Waals surface area contributed by atoms with Crippen LogP contribution in [0.1, 0.15) is 20.8 Å². The smallest absolute Gasteiger partial charge is 0.339 e. The first-order valence-electron chi connectivity index (χ1n) is 3.37. The van der Waals surface area contributed by atoms with Gasteiger partial charge in [-0.25, -0.2) is 4.79 Å². The largest absolute Gasteiger partial charge is 0.545 e. The number of esters is 1. The van der Waals surface area contributed by atoms with Gasteiger partial charge >= 0.3 is 5.97 Å². The Morgan fingerprint density at radius 2 is 1.75 bits per heavy atom. The van der Waals surface area contributed by atoms with Crippen molar-refractivity contribution >= 4 is 11.9 Å². The molecule has 0 fully saturated rings. The van der Waals surface area contributed by atoms with Crippen LogP contribution in [0.4, 0.5) is 0 Å². The molecule has 0 rings (SSSR count). The summed E-state index contributed by atoms with van der Waals surface area (Å²) in [7, 11) is 0. The lowest BCUT2D eigenvalue weighted by atomic mass is 10.2. The van der Waals surface area contributed by atoms with Crippen molar-refractivity contribution in [2.75, 3.05) is 0 Å². The van der Waals surface area contributed by atoms with Gasteiger partial charge in [0.15, 0.2) is 0 Å². The highest BCUT2D eigenvalue weighted by molar-refractivity contribution is 6.11. The molecule has 0 N–H and O–H groups in total. The molecule has 4 nitrogen and oxygen atoms in total. The zero-order valence-electron chi connectivity index (χ0n) is 7.34. The van der Waals surface area contributed by atoms with E-state index in [2.05, 4.69) is 6.58 Å². The van der Waals surface area contributed by atoms with Crippen LogP contribution in [-0.4, -0.2) is 17.5 Å². The zero-order chi connectivity index (χ0) is 9.94. The van der Waals surface area contributed by atoms with Crippen LogP contribution in [-0.2, 0) is 14.3 Å². The lowest BCUT2D eigenvalue weighted by molar-refractivity contribution is -0.299. The second kappa shape index (κ2) is 3.38. The lowest BCUT2D eigenvalue weighted by Crippen LogP contribution is -2.32. The van der Waals surface area contributed by atoms with Gasteiger partial charge in [0.05, 0.1) is 11.5 Å². The molecule has 0 heterocycles. The van der Waals surface area contributed by atoms with Gasteiger partial charge in [0.25, 0.3) is 0 Å². The third-order valence-electron chi connectivity index (χ3n) is 0.892. The minimum Gasteiger partial charge on any atom is -0.545 e. The molecule has 0 atom stereocenters. The number of rotatable bonds is 2. The van der Waals surface area contributed by atoms with Crippen LogP contribution < -0.4 is 5.11 Å². The van der Waals surface area contributed by atoms with Gasteiger partial charge in [0.1, 0.15) is 5.60 Å². The molecular weight excluding hydrogens is 160 g/mol. The van der Waals surface area contributed by atoms with Crippen molar-refractivity contribution < 1.29 is 19.4 Å². The lowest BCUT2D eigenvalue weighted by Gasteiger charge is -2.20. The van der Waals surface area contributed by atoms with E-state index in [0.717, 1.165) is 0 Å². The van der Waals surface area contributed by atoms with E-state index in [1.54, 1.807) is 20.8 Å². The monoisotopic (exact) mass is 171 g/mol. The maximum Gasteiger partial charge on any atom is 0.339 e. The minimum atomic E-state index is -1.61. The van der Waals surface area contributed by atoms with Crippen LogP contribution in [0.2, 0.25) is 0 Å². The summed E-state index contributed by atoms with van der Waals surface area (Å²) in [6, 6.07) is 0. The van der Waals surface area contributed by atoms with Crippen LogP contribution in [0.15, 0.2) is 12.2 Å². The summed E-state index contributed by atoms with van der Waals surface area (Å²) in [5.74, 6) is -2.56. The number of aliphatic carboxylic acids is 1. The minimum absolute atomic E-state index is 0.662. The molecule has 0 spiro atoms. The van der Waals surface area contributed by atoms with Crippen LogP contribution in [0.5, 0.6) is 0 Å². The van der Waals surface area contributed by atoms with Crippen LogP contribution in [0.3, 0.4) is 0 Å². The average Bonchev–Trinajstić information content (AvgIpc) is 1.82. The number of carboxylic acids is 1. The van der Waals surface area contributed by atoms with Crippen molar-refractivity contribution in [1.82, 2.24) is 0 Å². The maximum absolute atomic E-state index is 10.9. The number of ether oxygens (including phenoxy) is 1. The summed E-state index contributed by atoms with van der Waals surface area (Å²) < 4.78 is 4.70. The van der Waals surface area contributed by atoms with E-state index in [0.29, 0.717) is 0 Å². The van der Waals surface area contributed by atoms with Crippen molar-refractivity contribution in [2.24, 2.45) is 0 Å². The predicted molar refractivity (Wildman–Crippen MR) is 40.0 cm³/mol. The number of carbonyl (C=O) groups excluding carboxylic acids is 2. The number of carboxylic acid groups (broad SMARTS) is 1. The maximum atomic E-state index is 10.9. The Labute approximate surface area is 70.8 Å². The van der Waals surface area contributed by atoms with E-state index in [-0.39, 0.29) is 0 Å². The Balaban J connectivity index is 4.25. The van der Waals surface area contributed by atoms with Crippen LogP contribution in [0.25, 0.3) is 0 Å². The summed E-state index contributed by atoms with van der Waals surface area (Å²) in [6.45, 7) is 7.90. The molecule has 0 saturated carbocycles. The normalized spacial score (nSPS) is 10.6. The third-order valence-corrected chi connectivity index (χ3v) is 0.892. The second-order valence-corrected chi connectivity index (χ2v) is 3.27. The van der Waals surface area contributed by atoms with Crippen molar-refractivity contribution in [1.29, 1.82) is 0 Å². The third kappa shape index (κ3) is 3.75. The molecule has 12 heavy (non-hydrogen) atoms. The molecule has 0 aliphatic rings. The summed E-state index contributed by atoms with van der Waals surface area (Å²) in [5.41, 5.74) is -1.37. The molecule has 0 radical (unpaired) electrons. The first-order chi connectivity index (χ1) is 5.24. The van der Waals surface area contributed by atoms with Gasteiger partial charge < -0.3 is 14.6 Å². The van der Waals surface area contributed by atoms with Crippen molar-refractivity contribution in [3.05, 3.63) is 12.2 Å². The molecule has 0 saturated heterocycles. The Kier molecular flexibility index (Phi) is 3.01. The van der Waals surface area contributed by atoms with Crippen molar-refractivity contribution in [3.8, 4) is 0 Å². The van der Waals surface area contributed by atoms with Crippen LogP contribution in [0, 0.1) is 0 Å². The quantitative estimate of drug-likeness (QED) is 0.246. The van der Waals surface area contributed by atoms with Gasteiger partial charge in [-0.15, -0.1) is 0 Å². The summed E-state index contributed by atoms with van der Waals surface area (Å²) in [4.78, 5) is 21.0. The Morgan fingerprint density at radius 3 is 2.00 bits per heavy atom. The Bertz CT molecular complexity index is 222. The van der Waals surface area contributed by atoms with Gasteiger partial charge in [0, 0.05) is 0 Å². The molecule has 0 aliphatic heterocycles.